The molecule has 0 saturated heterocycles. The van der Waals surface area contributed by atoms with Crippen LogP contribution in [0, 0.1) is 0 Å². The van der Waals surface area contributed by atoms with E-state index in [-0.39, 0.29) is 0 Å². The lowest BCUT2D eigenvalue weighted by Crippen LogP contribution is -2.09. The fourth-order valence-corrected chi connectivity index (χ4v) is 5.69. The molecule has 2 aromatic rings. The summed E-state index contributed by atoms with van der Waals surface area (Å²) in [6.07, 6.45) is 22.2. The maximum atomic E-state index is 6.37. The molecule has 1 heterocycles. The van der Waals surface area contributed by atoms with Crippen LogP contribution in [0.1, 0.15) is 110 Å². The molecular formula is C36H51N3O. The second kappa shape index (κ2) is 16.4. The highest BCUT2D eigenvalue weighted by molar-refractivity contribution is 5.96. The summed E-state index contributed by atoms with van der Waals surface area (Å²) < 4.78 is 6.37. The molecule has 1 aliphatic carbocycles. The molecule has 216 valence electrons. The lowest BCUT2D eigenvalue weighted by atomic mass is 10.0. The monoisotopic (exact) mass is 541 g/mol. The van der Waals surface area contributed by atoms with E-state index in [1.54, 1.807) is 0 Å². The maximum Gasteiger partial charge on any atom is 0.155 e. The molecule has 0 bridgehead atoms. The fraction of sp³-hybridized carbons (Fsp3) is 0.556. The van der Waals surface area contributed by atoms with Crippen LogP contribution in [0.25, 0.3) is 33.3 Å². The number of hydrogen-bond acceptors (Lipinski definition) is 4. The second-order valence-corrected chi connectivity index (χ2v) is 11.7. The largest absolute Gasteiger partial charge is 0.453 e. The van der Waals surface area contributed by atoms with Crippen molar-refractivity contribution in [2.45, 2.75) is 110 Å². The Hall–Kier alpha value is -2.88. The van der Waals surface area contributed by atoms with Crippen molar-refractivity contribution in [3.05, 3.63) is 53.9 Å². The zero-order chi connectivity index (χ0) is 28.0. The second-order valence-electron chi connectivity index (χ2n) is 11.7. The first kappa shape index (κ1) is 30.1. The Morgan fingerprint density at radius 3 is 1.85 bits per heavy atom. The van der Waals surface area contributed by atoms with Crippen LogP contribution in [0.3, 0.4) is 0 Å². The van der Waals surface area contributed by atoms with Gasteiger partial charge in [-0.15, -0.1) is 0 Å². The molecule has 0 unspecified atom stereocenters. The molecular weight excluding hydrogens is 490 g/mol. The predicted octanol–water partition coefficient (Wildman–Crippen LogP) is 10.3. The number of hydrogen-bond donors (Lipinski definition) is 0. The summed E-state index contributed by atoms with van der Waals surface area (Å²) in [5, 5.41) is 3.27. The summed E-state index contributed by atoms with van der Waals surface area (Å²) in [6, 6.07) is 16.7. The molecule has 4 nitrogen and oxygen atoms in total. The van der Waals surface area contributed by atoms with Crippen LogP contribution in [-0.2, 0) is 0 Å². The van der Waals surface area contributed by atoms with Crippen LogP contribution in [0.4, 0.5) is 5.69 Å². The number of unbranched alkanes of at least 4 members (excludes halogenated alkanes) is 15. The Bertz CT molecular complexity index is 1340. The van der Waals surface area contributed by atoms with Gasteiger partial charge in [0, 0.05) is 49.2 Å². The van der Waals surface area contributed by atoms with E-state index in [2.05, 4.69) is 54.3 Å². The first-order valence-corrected chi connectivity index (χ1v) is 16.1. The van der Waals surface area contributed by atoms with Gasteiger partial charge in [0.2, 0.25) is 0 Å². The van der Waals surface area contributed by atoms with Crippen LogP contribution >= 0.6 is 0 Å². The Morgan fingerprint density at radius 2 is 1.25 bits per heavy atom. The number of fused-ring (bicyclic) bond motifs is 4. The quantitative estimate of drug-likeness (QED) is 0.0714. The molecule has 1 aliphatic heterocycles. The van der Waals surface area contributed by atoms with Gasteiger partial charge in [-0.1, -0.05) is 128 Å². The van der Waals surface area contributed by atoms with Crippen molar-refractivity contribution in [2.24, 2.45) is 4.99 Å². The van der Waals surface area contributed by atoms with Crippen molar-refractivity contribution in [1.82, 2.24) is 4.98 Å². The van der Waals surface area contributed by atoms with Gasteiger partial charge in [0.1, 0.15) is 11.2 Å². The predicted molar refractivity (Wildman–Crippen MR) is 172 cm³/mol. The minimum atomic E-state index is 0.799. The van der Waals surface area contributed by atoms with Crippen molar-refractivity contribution in [2.75, 3.05) is 25.5 Å². The smallest absolute Gasteiger partial charge is 0.155 e. The summed E-state index contributed by atoms with van der Waals surface area (Å²) in [5.41, 5.74) is 3.69. The normalized spacial score (nSPS) is 12.2. The molecule has 40 heavy (non-hydrogen) atoms. The SMILES string of the molecule is CCCCCCCCCCCCCCCCCCN=c1cc2oc3cc(N(C)C)ccc3nc-2c2ccccc12. The molecule has 0 aromatic heterocycles. The van der Waals surface area contributed by atoms with Gasteiger partial charge in [-0.3, -0.25) is 4.99 Å². The van der Waals surface area contributed by atoms with Gasteiger partial charge in [0.15, 0.2) is 11.3 Å². The summed E-state index contributed by atoms with van der Waals surface area (Å²) in [7, 11) is 4.08. The Morgan fingerprint density at radius 1 is 0.675 bits per heavy atom. The molecule has 0 fully saturated rings. The molecule has 2 aromatic carbocycles. The number of rotatable bonds is 18. The topological polar surface area (TPSA) is 41.6 Å². The lowest BCUT2D eigenvalue weighted by molar-refractivity contribution is 0.530. The molecule has 2 aliphatic rings. The van der Waals surface area contributed by atoms with Gasteiger partial charge in [-0.25, -0.2) is 4.98 Å². The molecule has 0 amide bonds. The van der Waals surface area contributed by atoms with E-state index in [1.807, 2.05) is 20.2 Å². The third-order valence-electron chi connectivity index (χ3n) is 8.17. The van der Waals surface area contributed by atoms with Gasteiger partial charge >= 0.3 is 0 Å². The van der Waals surface area contributed by atoms with E-state index in [0.29, 0.717) is 0 Å². The lowest BCUT2D eigenvalue weighted by Gasteiger charge is -2.14. The van der Waals surface area contributed by atoms with Gasteiger partial charge in [-0.05, 0) is 18.6 Å². The molecule has 0 atom stereocenters. The van der Waals surface area contributed by atoms with E-state index >= 15 is 0 Å². The van der Waals surface area contributed by atoms with E-state index in [1.165, 1.54) is 96.3 Å². The van der Waals surface area contributed by atoms with Crippen LogP contribution in [-0.4, -0.2) is 25.6 Å². The number of aromatic nitrogens is 1. The van der Waals surface area contributed by atoms with Crippen LogP contribution < -0.4 is 10.3 Å². The van der Waals surface area contributed by atoms with E-state index in [0.717, 1.165) is 57.3 Å². The summed E-state index contributed by atoms with van der Waals surface area (Å²) in [5.74, 6) is 0.799. The first-order chi connectivity index (χ1) is 19.7. The Balaban J connectivity index is 1.22. The van der Waals surface area contributed by atoms with Gasteiger partial charge in [-0.2, -0.15) is 0 Å². The van der Waals surface area contributed by atoms with Gasteiger partial charge < -0.3 is 9.32 Å². The van der Waals surface area contributed by atoms with Crippen LogP contribution in [0.2, 0.25) is 0 Å². The minimum absolute atomic E-state index is 0.799. The van der Waals surface area contributed by atoms with Crippen molar-refractivity contribution in [3.63, 3.8) is 0 Å². The van der Waals surface area contributed by atoms with Crippen molar-refractivity contribution < 1.29 is 4.42 Å². The Labute approximate surface area is 242 Å². The standard InChI is InChI=1S/C36H51N3O/c1-4-5-6-7-8-9-10-11-12-13-14-15-16-17-18-21-26-37-33-28-35-36(31-23-20-19-22-30(31)33)38-32-25-24-29(39(2)3)27-34(32)40-35/h19-20,22-25,27-28H,4-18,21,26H2,1-3H3. The molecule has 0 radical (unpaired) electrons. The van der Waals surface area contributed by atoms with Crippen LogP contribution in [0.5, 0.6) is 0 Å². The fourth-order valence-electron chi connectivity index (χ4n) is 5.69. The highest BCUT2D eigenvalue weighted by atomic mass is 16.3. The first-order valence-electron chi connectivity index (χ1n) is 16.1. The van der Waals surface area contributed by atoms with Gasteiger partial charge in [0.05, 0.1) is 5.36 Å². The third kappa shape index (κ3) is 8.81. The Kier molecular flexibility index (Phi) is 12.3. The highest BCUT2D eigenvalue weighted by Gasteiger charge is 2.15. The number of benzene rings is 3. The minimum Gasteiger partial charge on any atom is -0.453 e. The maximum absolute atomic E-state index is 6.37. The summed E-state index contributed by atoms with van der Waals surface area (Å²) in [6.45, 7) is 3.15. The van der Waals surface area contributed by atoms with Gasteiger partial charge in [0.25, 0.3) is 0 Å². The average molecular weight is 542 g/mol. The third-order valence-corrected chi connectivity index (χ3v) is 8.17. The molecule has 0 saturated carbocycles. The van der Waals surface area contributed by atoms with Crippen LogP contribution in [0.15, 0.2) is 57.9 Å². The summed E-state index contributed by atoms with van der Waals surface area (Å²) in [4.78, 5) is 12.1. The number of nitrogens with zero attached hydrogens (tertiary/aromatic N) is 3. The van der Waals surface area contributed by atoms with E-state index in [4.69, 9.17) is 14.4 Å². The molecule has 4 heteroatoms. The average Bonchev–Trinajstić information content (AvgIpc) is 2.97. The van der Waals surface area contributed by atoms with Crippen molar-refractivity contribution in [3.8, 4) is 11.5 Å². The molecule has 4 rings (SSSR count). The van der Waals surface area contributed by atoms with E-state index in [9.17, 15) is 0 Å². The zero-order valence-corrected chi connectivity index (χ0v) is 25.4. The van der Waals surface area contributed by atoms with E-state index < -0.39 is 0 Å². The highest BCUT2D eigenvalue weighted by Crippen LogP contribution is 2.31. The molecule has 0 spiro atoms. The van der Waals surface area contributed by atoms with Crippen molar-refractivity contribution in [1.29, 1.82) is 0 Å². The zero-order valence-electron chi connectivity index (χ0n) is 25.4. The molecule has 0 N–H and O–H groups in total. The summed E-state index contributed by atoms with van der Waals surface area (Å²) >= 11 is 0. The van der Waals surface area contributed by atoms with Crippen molar-refractivity contribution >= 4 is 27.6 Å². The number of anilines is 1.